The van der Waals surface area contributed by atoms with Crippen molar-refractivity contribution in [3.8, 4) is 0 Å². The Morgan fingerprint density at radius 2 is 1.67 bits per heavy atom. The molecule has 0 bridgehead atoms. The van der Waals surface area contributed by atoms with E-state index in [-0.39, 0.29) is 10.9 Å². The maximum atomic E-state index is 11.5. The molecule has 0 aliphatic carbocycles. The lowest BCUT2D eigenvalue weighted by atomic mass is 10.0. The monoisotopic (exact) mass is 380 g/mol. The van der Waals surface area contributed by atoms with Crippen LogP contribution in [0.2, 0.25) is 0 Å². The smallest absolute Gasteiger partial charge is 0.238 e. The molecule has 0 amide bonds. The zero-order chi connectivity index (χ0) is 19.3. The quantitative estimate of drug-likeness (QED) is 0.589. The molecule has 0 aliphatic heterocycles. The number of hydrogen-bond acceptors (Lipinski definition) is 4. The van der Waals surface area contributed by atoms with Crippen LogP contribution in [0.3, 0.4) is 0 Å². The summed E-state index contributed by atoms with van der Waals surface area (Å²) >= 11 is 0. The minimum absolute atomic E-state index is 0.0308. The molecule has 4 aromatic rings. The van der Waals surface area contributed by atoms with Crippen molar-refractivity contribution in [3.05, 3.63) is 65.6 Å². The molecule has 4 rings (SSSR count). The summed E-state index contributed by atoms with van der Waals surface area (Å²) in [4.78, 5) is 9.15. The molecule has 138 valence electrons. The number of rotatable bonds is 3. The zero-order valence-corrected chi connectivity index (χ0v) is 16.2. The van der Waals surface area contributed by atoms with E-state index >= 15 is 0 Å². The van der Waals surface area contributed by atoms with Crippen molar-refractivity contribution < 1.29 is 8.42 Å². The first-order valence-electron chi connectivity index (χ1n) is 8.61. The Hall–Kier alpha value is -2.77. The van der Waals surface area contributed by atoms with Crippen LogP contribution >= 0.6 is 0 Å². The van der Waals surface area contributed by atoms with Crippen LogP contribution in [0.5, 0.6) is 0 Å². The summed E-state index contributed by atoms with van der Waals surface area (Å²) in [5.74, 6) is 0. The van der Waals surface area contributed by atoms with Crippen LogP contribution in [0.4, 0.5) is 0 Å². The molecule has 1 atom stereocenters. The highest BCUT2D eigenvalue weighted by atomic mass is 32.2. The third-order valence-corrected chi connectivity index (χ3v) is 6.05. The molecule has 2 aromatic heterocycles. The maximum absolute atomic E-state index is 11.5. The second-order valence-corrected chi connectivity index (χ2v) is 8.45. The summed E-state index contributed by atoms with van der Waals surface area (Å²) in [5.41, 5.74) is 6.16. The molecule has 7 heteroatoms. The van der Waals surface area contributed by atoms with Crippen molar-refractivity contribution in [2.45, 2.75) is 31.7 Å². The van der Waals surface area contributed by atoms with Crippen LogP contribution in [0, 0.1) is 13.8 Å². The lowest BCUT2D eigenvalue weighted by Gasteiger charge is -2.16. The summed E-state index contributed by atoms with van der Waals surface area (Å²) in [6.45, 7) is 6.22. The van der Waals surface area contributed by atoms with Crippen molar-refractivity contribution in [2.75, 3.05) is 0 Å². The van der Waals surface area contributed by atoms with E-state index in [0.29, 0.717) is 0 Å². The largest absolute Gasteiger partial charge is 0.323 e. The van der Waals surface area contributed by atoms with Crippen molar-refractivity contribution in [1.82, 2.24) is 14.5 Å². The van der Waals surface area contributed by atoms with Crippen LogP contribution in [0.15, 0.2) is 53.8 Å². The third-order valence-electron chi connectivity index (χ3n) is 5.12. The van der Waals surface area contributed by atoms with E-state index in [1.54, 1.807) is 24.7 Å². The van der Waals surface area contributed by atoms with E-state index in [1.165, 1.54) is 23.3 Å². The molecule has 0 saturated carbocycles. The molecule has 0 radical (unpaired) electrons. The first kappa shape index (κ1) is 17.6. The molecular formula is C20H20N4O2S. The third kappa shape index (κ3) is 2.98. The molecule has 0 fully saturated rings. The van der Waals surface area contributed by atoms with E-state index in [2.05, 4.69) is 47.4 Å². The number of pyridine rings is 1. The van der Waals surface area contributed by atoms with Gasteiger partial charge in [0.05, 0.1) is 34.5 Å². The van der Waals surface area contributed by atoms with Gasteiger partial charge in [-0.25, -0.2) is 18.5 Å². The topological polar surface area (TPSA) is 90.9 Å². The van der Waals surface area contributed by atoms with Gasteiger partial charge in [-0.1, -0.05) is 12.1 Å². The summed E-state index contributed by atoms with van der Waals surface area (Å²) in [6, 6.07) is 10.9. The molecule has 0 unspecified atom stereocenters. The van der Waals surface area contributed by atoms with Crippen LogP contribution < -0.4 is 5.14 Å². The number of imidazole rings is 1. The van der Waals surface area contributed by atoms with Gasteiger partial charge < -0.3 is 4.57 Å². The number of aryl methyl sites for hydroxylation is 2. The SMILES string of the molecule is Cc1cc2ncc3ncn([C@@H](C)c4ccc(S(N)(=O)=O)cc4)c3c2cc1C. The Labute approximate surface area is 157 Å². The fourth-order valence-electron chi connectivity index (χ4n) is 3.37. The van der Waals surface area contributed by atoms with E-state index < -0.39 is 10.0 Å². The second kappa shape index (κ2) is 6.14. The second-order valence-electron chi connectivity index (χ2n) is 6.89. The van der Waals surface area contributed by atoms with Crippen molar-refractivity contribution >= 4 is 32.0 Å². The van der Waals surface area contributed by atoms with Gasteiger partial charge in [0.25, 0.3) is 0 Å². The highest BCUT2D eigenvalue weighted by Crippen LogP contribution is 2.30. The summed E-state index contributed by atoms with van der Waals surface area (Å²) in [7, 11) is -3.70. The number of aromatic nitrogens is 3. The predicted molar refractivity (Wildman–Crippen MR) is 106 cm³/mol. The van der Waals surface area contributed by atoms with Gasteiger partial charge >= 0.3 is 0 Å². The van der Waals surface area contributed by atoms with Crippen molar-refractivity contribution in [2.24, 2.45) is 5.14 Å². The first-order valence-corrected chi connectivity index (χ1v) is 10.2. The Bertz CT molecular complexity index is 1280. The van der Waals surface area contributed by atoms with Gasteiger partial charge in [-0.05, 0) is 61.7 Å². The van der Waals surface area contributed by atoms with Gasteiger partial charge in [0.1, 0.15) is 5.52 Å². The number of hydrogen-bond donors (Lipinski definition) is 1. The summed E-state index contributed by atoms with van der Waals surface area (Å²) < 4.78 is 25.1. The average Bonchev–Trinajstić information content (AvgIpc) is 3.06. The zero-order valence-electron chi connectivity index (χ0n) is 15.3. The predicted octanol–water partition coefficient (Wildman–Crippen LogP) is 3.46. The molecular weight excluding hydrogens is 360 g/mol. The highest BCUT2D eigenvalue weighted by Gasteiger charge is 2.16. The maximum Gasteiger partial charge on any atom is 0.238 e. The molecule has 6 nitrogen and oxygen atoms in total. The van der Waals surface area contributed by atoms with E-state index in [1.807, 2.05) is 0 Å². The number of nitrogens with zero attached hydrogens (tertiary/aromatic N) is 3. The standard InChI is InChI=1S/C20H20N4O2S/c1-12-8-17-18(9-13(12)2)22-10-19-20(17)24(11-23-19)14(3)15-4-6-16(7-5-15)27(21,25)26/h4-11,14H,1-3H3,(H2,21,25,26)/t14-/m0/s1. The lowest BCUT2D eigenvalue weighted by molar-refractivity contribution is 0.597. The molecule has 2 aromatic carbocycles. The average molecular weight is 380 g/mol. The van der Waals surface area contributed by atoms with Gasteiger partial charge in [-0.15, -0.1) is 0 Å². The fourth-order valence-corrected chi connectivity index (χ4v) is 3.88. The number of sulfonamides is 1. The lowest BCUT2D eigenvalue weighted by Crippen LogP contribution is -2.12. The summed E-state index contributed by atoms with van der Waals surface area (Å²) in [6.07, 6.45) is 3.60. The Morgan fingerprint density at radius 1 is 1.00 bits per heavy atom. The first-order chi connectivity index (χ1) is 12.8. The molecule has 0 saturated heterocycles. The van der Waals surface area contributed by atoms with Crippen molar-refractivity contribution in [1.29, 1.82) is 0 Å². The minimum Gasteiger partial charge on any atom is -0.323 e. The van der Waals surface area contributed by atoms with Crippen LogP contribution in [0.1, 0.15) is 29.7 Å². The Balaban J connectivity index is 1.88. The van der Waals surface area contributed by atoms with E-state index in [4.69, 9.17) is 5.14 Å². The Kier molecular flexibility index (Phi) is 4.01. The van der Waals surface area contributed by atoms with Gasteiger partial charge in [-0.3, -0.25) is 4.98 Å². The van der Waals surface area contributed by atoms with Gasteiger partial charge in [0.2, 0.25) is 10.0 Å². The van der Waals surface area contributed by atoms with Crippen LogP contribution in [-0.2, 0) is 10.0 Å². The van der Waals surface area contributed by atoms with Gasteiger partial charge in [0, 0.05) is 5.39 Å². The van der Waals surface area contributed by atoms with Gasteiger partial charge in [-0.2, -0.15) is 0 Å². The van der Waals surface area contributed by atoms with Gasteiger partial charge in [0.15, 0.2) is 0 Å². The van der Waals surface area contributed by atoms with E-state index in [9.17, 15) is 8.42 Å². The number of nitrogens with two attached hydrogens (primary N) is 1. The number of benzene rings is 2. The normalized spacial score (nSPS) is 13.3. The summed E-state index contributed by atoms with van der Waals surface area (Å²) in [5, 5.41) is 6.25. The highest BCUT2D eigenvalue weighted by molar-refractivity contribution is 7.89. The number of primary sulfonamides is 1. The van der Waals surface area contributed by atoms with Crippen LogP contribution in [0.25, 0.3) is 21.9 Å². The fraction of sp³-hybridized carbons (Fsp3) is 0.200. The minimum atomic E-state index is -3.70. The van der Waals surface area contributed by atoms with E-state index in [0.717, 1.165) is 27.5 Å². The number of fused-ring (bicyclic) bond motifs is 3. The molecule has 2 heterocycles. The molecule has 0 aliphatic rings. The molecule has 0 spiro atoms. The van der Waals surface area contributed by atoms with Crippen LogP contribution in [-0.4, -0.2) is 23.0 Å². The Morgan fingerprint density at radius 3 is 2.33 bits per heavy atom. The molecule has 2 N–H and O–H groups in total. The van der Waals surface area contributed by atoms with Crippen molar-refractivity contribution in [3.63, 3.8) is 0 Å². The molecule has 27 heavy (non-hydrogen) atoms.